The predicted molar refractivity (Wildman–Crippen MR) is 41.2 cm³/mol. The molecule has 3 heteroatoms. The number of rotatable bonds is 2. The molecule has 0 spiro atoms. The van der Waals surface area contributed by atoms with E-state index in [9.17, 15) is 5.11 Å². The second-order valence-corrected chi connectivity index (χ2v) is 1.95. The number of ether oxygens (including phenoxy) is 1. The van der Waals surface area contributed by atoms with Crippen molar-refractivity contribution in [3.63, 3.8) is 0 Å². The number of benzene rings is 1. The Kier molecular flexibility index (Phi) is 2.11. The van der Waals surface area contributed by atoms with Gasteiger partial charge >= 0.3 is 5.75 Å². The van der Waals surface area contributed by atoms with Crippen LogP contribution >= 0.6 is 0 Å². The van der Waals surface area contributed by atoms with Crippen LogP contribution in [0.2, 0.25) is 0 Å². The van der Waals surface area contributed by atoms with Crippen molar-refractivity contribution in [2.24, 2.45) is 0 Å². The maximum atomic E-state index is 9.30. The van der Waals surface area contributed by atoms with Crippen molar-refractivity contribution in [2.45, 2.75) is 0 Å². The summed E-state index contributed by atoms with van der Waals surface area (Å²) in [4.78, 5) is 0. The summed E-state index contributed by atoms with van der Waals surface area (Å²) in [5.41, 5.74) is 0. The van der Waals surface area contributed by atoms with Crippen molar-refractivity contribution in [3.05, 3.63) is 18.2 Å². The Balaban J connectivity index is 3.20. The van der Waals surface area contributed by atoms with Crippen molar-refractivity contribution >= 4 is 6.79 Å². The van der Waals surface area contributed by atoms with Gasteiger partial charge in [-0.15, -0.1) is 0 Å². The molecule has 0 radical (unpaired) electrons. The van der Waals surface area contributed by atoms with Gasteiger partial charge in [0.1, 0.15) is 0 Å². The van der Waals surface area contributed by atoms with E-state index in [2.05, 4.69) is 11.2 Å². The SMILES string of the molecule is C=[O+]c1cccc(OC)c1O. The lowest BCUT2D eigenvalue weighted by Crippen LogP contribution is -1.82. The molecule has 0 amide bonds. The molecule has 0 saturated heterocycles. The molecule has 11 heavy (non-hydrogen) atoms. The second-order valence-electron chi connectivity index (χ2n) is 1.95. The highest BCUT2D eigenvalue weighted by atomic mass is 16.5. The Bertz CT molecular complexity index is 268. The molecule has 0 fully saturated rings. The van der Waals surface area contributed by atoms with Gasteiger partial charge in [-0.3, -0.25) is 0 Å². The molecule has 1 rings (SSSR count). The van der Waals surface area contributed by atoms with E-state index in [1.165, 1.54) is 7.11 Å². The largest absolute Gasteiger partial charge is 0.498 e. The predicted octanol–water partition coefficient (Wildman–Crippen LogP) is 1.48. The van der Waals surface area contributed by atoms with Gasteiger partial charge in [-0.1, -0.05) is 0 Å². The number of phenols is 1. The van der Waals surface area contributed by atoms with E-state index < -0.39 is 0 Å². The third kappa shape index (κ3) is 1.32. The van der Waals surface area contributed by atoms with E-state index in [4.69, 9.17) is 4.74 Å². The number of methoxy groups -OCH3 is 1. The van der Waals surface area contributed by atoms with E-state index in [0.29, 0.717) is 11.5 Å². The molecule has 58 valence electrons. The van der Waals surface area contributed by atoms with Crippen molar-refractivity contribution in [1.29, 1.82) is 0 Å². The maximum absolute atomic E-state index is 9.30. The van der Waals surface area contributed by atoms with Crippen molar-refractivity contribution in [2.75, 3.05) is 7.11 Å². The van der Waals surface area contributed by atoms with E-state index >= 15 is 0 Å². The summed E-state index contributed by atoms with van der Waals surface area (Å²) < 4.78 is 9.44. The summed E-state index contributed by atoms with van der Waals surface area (Å²) in [6.07, 6.45) is 0. The standard InChI is InChI=1S/C8H8O3/c1-10-6-4-3-5-7(11-2)8(6)9/h3-5H,1H2,2H3/p+1. The molecule has 1 aromatic carbocycles. The van der Waals surface area contributed by atoms with Crippen LogP contribution in [0.25, 0.3) is 0 Å². The number of aromatic hydroxyl groups is 1. The fourth-order valence-corrected chi connectivity index (χ4v) is 0.783. The summed E-state index contributed by atoms with van der Waals surface area (Å²) >= 11 is 0. The van der Waals surface area contributed by atoms with Gasteiger partial charge in [0.2, 0.25) is 0 Å². The minimum absolute atomic E-state index is 0.0231. The number of para-hydroxylation sites is 1. The number of carbonyl (C=O) groups excluding carboxylic acids is 1. The first kappa shape index (κ1) is 7.60. The summed E-state index contributed by atoms with van der Waals surface area (Å²) in [7, 11) is 1.47. The normalized spacial score (nSPS) is 9.18. The highest BCUT2D eigenvalue weighted by Crippen LogP contribution is 2.34. The lowest BCUT2D eigenvalue weighted by atomic mass is 10.3. The number of phenolic OH excluding ortho intramolecular Hbond substituents is 1. The Labute approximate surface area is 64.5 Å². The second kappa shape index (κ2) is 3.05. The topological polar surface area (TPSA) is 40.8 Å². The molecule has 0 aliphatic heterocycles. The zero-order chi connectivity index (χ0) is 8.27. The van der Waals surface area contributed by atoms with Crippen LogP contribution in [0.5, 0.6) is 17.2 Å². The van der Waals surface area contributed by atoms with Crippen LogP contribution in [0, 0.1) is 0 Å². The minimum Gasteiger partial charge on any atom is -0.498 e. The number of hydrogen-bond acceptors (Lipinski definition) is 2. The molecule has 0 aliphatic rings. The van der Waals surface area contributed by atoms with Crippen molar-refractivity contribution in [1.82, 2.24) is 0 Å². The van der Waals surface area contributed by atoms with Crippen LogP contribution in [0.4, 0.5) is 0 Å². The Hall–Kier alpha value is -1.51. The molecule has 0 saturated carbocycles. The van der Waals surface area contributed by atoms with Gasteiger partial charge in [0, 0.05) is 6.07 Å². The summed E-state index contributed by atoms with van der Waals surface area (Å²) in [5, 5.41) is 9.30. The average Bonchev–Trinajstić information content (AvgIpc) is 2.05. The molecule has 0 bridgehead atoms. The number of hydrogen-bond donors (Lipinski definition) is 1. The van der Waals surface area contributed by atoms with Gasteiger partial charge in [0.05, 0.1) is 7.11 Å². The van der Waals surface area contributed by atoms with Crippen LogP contribution in [-0.2, 0) is 4.42 Å². The van der Waals surface area contributed by atoms with Crippen molar-refractivity contribution < 1.29 is 14.3 Å². The third-order valence-corrected chi connectivity index (χ3v) is 1.34. The molecule has 0 aliphatic carbocycles. The van der Waals surface area contributed by atoms with Gasteiger partial charge < -0.3 is 9.84 Å². The van der Waals surface area contributed by atoms with Gasteiger partial charge in [-0.05, 0) is 12.1 Å². The smallest absolute Gasteiger partial charge is 0.396 e. The maximum Gasteiger partial charge on any atom is 0.396 e. The van der Waals surface area contributed by atoms with E-state index in [1.807, 2.05) is 0 Å². The Morgan fingerprint density at radius 1 is 1.55 bits per heavy atom. The first-order valence-corrected chi connectivity index (χ1v) is 3.07. The highest BCUT2D eigenvalue weighted by Gasteiger charge is 2.13. The Morgan fingerprint density at radius 2 is 2.27 bits per heavy atom. The quantitative estimate of drug-likeness (QED) is 0.654. The van der Waals surface area contributed by atoms with E-state index in [-0.39, 0.29) is 5.75 Å². The van der Waals surface area contributed by atoms with Crippen LogP contribution in [-0.4, -0.2) is 19.0 Å². The van der Waals surface area contributed by atoms with Crippen LogP contribution in [0.3, 0.4) is 0 Å². The summed E-state index contributed by atoms with van der Waals surface area (Å²) in [6, 6.07) is 4.95. The average molecular weight is 153 g/mol. The summed E-state index contributed by atoms with van der Waals surface area (Å²) in [5.74, 6) is 0.667. The molecule has 1 aromatic rings. The van der Waals surface area contributed by atoms with Gasteiger partial charge in [-0.25, -0.2) is 4.42 Å². The molecular weight excluding hydrogens is 144 g/mol. The molecule has 0 atom stereocenters. The van der Waals surface area contributed by atoms with Gasteiger partial charge in [0.25, 0.3) is 12.5 Å². The minimum atomic E-state index is -0.0231. The lowest BCUT2D eigenvalue weighted by molar-refractivity contribution is -0.356. The van der Waals surface area contributed by atoms with Crippen LogP contribution < -0.4 is 4.74 Å². The first-order valence-electron chi connectivity index (χ1n) is 3.07. The Morgan fingerprint density at radius 3 is 2.82 bits per heavy atom. The first-order chi connectivity index (χ1) is 5.29. The van der Waals surface area contributed by atoms with E-state index in [1.54, 1.807) is 18.2 Å². The molecule has 0 aromatic heterocycles. The fourth-order valence-electron chi connectivity index (χ4n) is 0.783. The highest BCUT2D eigenvalue weighted by molar-refractivity contribution is 5.48. The zero-order valence-electron chi connectivity index (χ0n) is 6.20. The third-order valence-electron chi connectivity index (χ3n) is 1.34. The van der Waals surface area contributed by atoms with Crippen molar-refractivity contribution in [3.8, 4) is 17.2 Å². The lowest BCUT2D eigenvalue weighted by Gasteiger charge is -1.98. The molecule has 3 nitrogen and oxygen atoms in total. The molecule has 0 heterocycles. The molecular formula is C8H9O3+. The van der Waals surface area contributed by atoms with Gasteiger partial charge in [-0.2, -0.15) is 0 Å². The van der Waals surface area contributed by atoms with E-state index in [0.717, 1.165) is 0 Å². The molecule has 0 unspecified atom stereocenters. The summed E-state index contributed by atoms with van der Waals surface area (Å²) in [6.45, 7) is 3.18. The van der Waals surface area contributed by atoms with Gasteiger partial charge in [0.15, 0.2) is 5.75 Å². The zero-order valence-corrected chi connectivity index (χ0v) is 6.20. The monoisotopic (exact) mass is 153 g/mol. The van der Waals surface area contributed by atoms with Crippen LogP contribution in [0.15, 0.2) is 18.2 Å². The van der Waals surface area contributed by atoms with Crippen LogP contribution in [0.1, 0.15) is 0 Å². The molecule has 1 N–H and O–H groups in total. The fraction of sp³-hybridized carbons (Fsp3) is 0.125.